The maximum Gasteiger partial charge on any atom is 0.243 e. The minimum atomic E-state index is -3.51. The van der Waals surface area contributed by atoms with Gasteiger partial charge in [-0.15, -0.1) is 0 Å². The number of amides is 1. The molecule has 0 atom stereocenters. The molecule has 2 heterocycles. The van der Waals surface area contributed by atoms with Crippen molar-refractivity contribution in [1.82, 2.24) is 25.2 Å². The van der Waals surface area contributed by atoms with E-state index in [0.717, 1.165) is 42.4 Å². The lowest BCUT2D eigenvalue weighted by molar-refractivity contribution is -0.116. The first-order valence-corrected chi connectivity index (χ1v) is 14.3. The van der Waals surface area contributed by atoms with Gasteiger partial charge in [0.2, 0.25) is 15.9 Å². The van der Waals surface area contributed by atoms with E-state index in [2.05, 4.69) is 20.3 Å². The number of sulfonamides is 1. The SMILES string of the molecule is Cc1cc(Cn2cc(CNC(=O)/C=C/CN(C)C)cn2)cc2onc(NS(=O)(=O)CC3CCCCC3)c12. The number of hydrogen-bond donors (Lipinski definition) is 2. The van der Waals surface area contributed by atoms with Gasteiger partial charge in [0, 0.05) is 30.9 Å². The molecule has 0 aliphatic heterocycles. The number of hydrogen-bond acceptors (Lipinski definition) is 7. The number of fused-ring (bicyclic) bond motifs is 1. The number of aromatic nitrogens is 3. The Morgan fingerprint density at radius 2 is 2.00 bits per heavy atom. The van der Waals surface area contributed by atoms with Gasteiger partial charge in [0.1, 0.15) is 0 Å². The fourth-order valence-electron chi connectivity index (χ4n) is 4.75. The van der Waals surface area contributed by atoms with Crippen LogP contribution in [0.1, 0.15) is 48.8 Å². The molecule has 2 aromatic heterocycles. The molecule has 3 aromatic rings. The summed E-state index contributed by atoms with van der Waals surface area (Å²) in [6.45, 7) is 3.50. The Labute approximate surface area is 218 Å². The fraction of sp³-hybridized carbons (Fsp3) is 0.500. The van der Waals surface area contributed by atoms with Crippen molar-refractivity contribution < 1.29 is 17.7 Å². The minimum absolute atomic E-state index is 0.118. The third kappa shape index (κ3) is 7.65. The van der Waals surface area contributed by atoms with E-state index in [-0.39, 0.29) is 23.4 Å². The average Bonchev–Trinajstić information content (AvgIpc) is 3.44. The molecule has 1 amide bonds. The Kier molecular flexibility index (Phi) is 8.65. The van der Waals surface area contributed by atoms with Gasteiger partial charge < -0.3 is 14.7 Å². The highest BCUT2D eigenvalue weighted by Gasteiger charge is 2.24. The summed E-state index contributed by atoms with van der Waals surface area (Å²) in [7, 11) is 0.372. The zero-order valence-electron chi connectivity index (χ0n) is 21.7. The molecule has 0 saturated heterocycles. The second-order valence-corrected chi connectivity index (χ2v) is 11.9. The molecule has 37 heavy (non-hydrogen) atoms. The maximum atomic E-state index is 12.8. The number of anilines is 1. The molecule has 0 spiro atoms. The van der Waals surface area contributed by atoms with Crippen LogP contribution in [-0.4, -0.2) is 60.6 Å². The summed E-state index contributed by atoms with van der Waals surface area (Å²) >= 11 is 0. The van der Waals surface area contributed by atoms with Crippen molar-refractivity contribution >= 4 is 32.7 Å². The fourth-order valence-corrected chi connectivity index (χ4v) is 6.22. The average molecular weight is 529 g/mol. The molecule has 1 aliphatic rings. The molecule has 11 heteroatoms. The number of nitrogens with one attached hydrogen (secondary N) is 2. The van der Waals surface area contributed by atoms with Crippen molar-refractivity contribution in [2.45, 2.75) is 52.1 Å². The molecule has 1 aromatic carbocycles. The van der Waals surface area contributed by atoms with Crippen LogP contribution in [0, 0.1) is 12.8 Å². The summed E-state index contributed by atoms with van der Waals surface area (Å²) in [5, 5.41) is 11.9. The van der Waals surface area contributed by atoms with Crippen LogP contribution in [0.25, 0.3) is 11.0 Å². The number of carbonyl (C=O) groups excluding carboxylic acids is 1. The maximum absolute atomic E-state index is 12.8. The van der Waals surface area contributed by atoms with Crippen LogP contribution in [0.15, 0.2) is 41.2 Å². The Hall–Kier alpha value is -3.18. The van der Waals surface area contributed by atoms with E-state index in [4.69, 9.17) is 4.52 Å². The predicted octanol–water partition coefficient (Wildman–Crippen LogP) is 3.44. The van der Waals surface area contributed by atoms with Crippen molar-refractivity contribution in [3.8, 4) is 0 Å². The zero-order valence-corrected chi connectivity index (χ0v) is 22.6. The first-order chi connectivity index (χ1) is 17.7. The van der Waals surface area contributed by atoms with Gasteiger partial charge in [-0.05, 0) is 57.0 Å². The molecule has 0 bridgehead atoms. The van der Waals surface area contributed by atoms with E-state index in [9.17, 15) is 13.2 Å². The van der Waals surface area contributed by atoms with Crippen molar-refractivity contribution in [3.05, 3.63) is 53.4 Å². The van der Waals surface area contributed by atoms with Crippen LogP contribution < -0.4 is 10.0 Å². The van der Waals surface area contributed by atoms with Crippen molar-refractivity contribution in [1.29, 1.82) is 0 Å². The van der Waals surface area contributed by atoms with Gasteiger partial charge in [0.05, 0.1) is 23.9 Å². The predicted molar refractivity (Wildman–Crippen MR) is 144 cm³/mol. The lowest BCUT2D eigenvalue weighted by Crippen LogP contribution is -2.24. The van der Waals surface area contributed by atoms with E-state index in [1.54, 1.807) is 10.9 Å². The molecular weight excluding hydrogens is 492 g/mol. The topological polar surface area (TPSA) is 122 Å². The Morgan fingerprint density at radius 1 is 1.22 bits per heavy atom. The third-order valence-corrected chi connectivity index (χ3v) is 7.92. The van der Waals surface area contributed by atoms with Crippen molar-refractivity contribution in [2.24, 2.45) is 5.92 Å². The number of rotatable bonds is 11. The summed E-state index contributed by atoms with van der Waals surface area (Å²) in [6, 6.07) is 3.84. The molecule has 1 fully saturated rings. The molecule has 2 N–H and O–H groups in total. The number of aryl methyl sites for hydroxylation is 1. The quantitative estimate of drug-likeness (QED) is 0.366. The normalized spacial score (nSPS) is 15.1. The minimum Gasteiger partial charge on any atom is -0.354 e. The largest absolute Gasteiger partial charge is 0.354 e. The summed E-state index contributed by atoms with van der Waals surface area (Å²) < 4.78 is 35.5. The van der Waals surface area contributed by atoms with Gasteiger partial charge in [-0.3, -0.25) is 14.2 Å². The van der Waals surface area contributed by atoms with Crippen molar-refractivity contribution in [3.63, 3.8) is 0 Å². The van der Waals surface area contributed by atoms with E-state index >= 15 is 0 Å². The number of nitrogens with zero attached hydrogens (tertiary/aromatic N) is 4. The summed E-state index contributed by atoms with van der Waals surface area (Å²) in [6.07, 6.45) is 12.2. The Balaban J connectivity index is 1.38. The number of benzene rings is 1. The van der Waals surface area contributed by atoms with Gasteiger partial charge in [0.15, 0.2) is 11.4 Å². The van der Waals surface area contributed by atoms with Crippen LogP contribution in [0.2, 0.25) is 0 Å². The monoisotopic (exact) mass is 528 g/mol. The molecule has 200 valence electrons. The molecule has 10 nitrogen and oxygen atoms in total. The standard InChI is InChI=1S/C26H36N6O4S/c1-19-12-21(16-32-17-22(15-28-32)14-27-24(33)10-7-11-31(2)3)13-23-25(19)26(29-36-23)30-37(34,35)18-20-8-5-4-6-9-20/h7,10,12-13,15,17,20H,4-6,8-9,11,14,16,18H2,1-3H3,(H,27,33)(H,29,30)/b10-7+. The van der Waals surface area contributed by atoms with E-state index < -0.39 is 10.0 Å². The second-order valence-electron chi connectivity index (χ2n) is 10.1. The lowest BCUT2D eigenvalue weighted by atomic mass is 9.91. The second kappa shape index (κ2) is 11.9. The Morgan fingerprint density at radius 3 is 2.76 bits per heavy atom. The molecular formula is C26H36N6O4S. The van der Waals surface area contributed by atoms with Gasteiger partial charge in [0.25, 0.3) is 0 Å². The van der Waals surface area contributed by atoms with Gasteiger partial charge >= 0.3 is 0 Å². The zero-order chi connectivity index (χ0) is 26.4. The van der Waals surface area contributed by atoms with Crippen LogP contribution in [0.4, 0.5) is 5.82 Å². The smallest absolute Gasteiger partial charge is 0.243 e. The third-order valence-electron chi connectivity index (χ3n) is 6.50. The Bertz CT molecular complexity index is 1350. The van der Waals surface area contributed by atoms with Crippen LogP contribution in [-0.2, 0) is 27.9 Å². The lowest BCUT2D eigenvalue weighted by Gasteiger charge is -2.21. The van der Waals surface area contributed by atoms with Gasteiger partial charge in [-0.2, -0.15) is 5.10 Å². The van der Waals surface area contributed by atoms with E-state index in [1.165, 1.54) is 12.5 Å². The summed E-state index contributed by atoms with van der Waals surface area (Å²) in [5.41, 5.74) is 3.23. The summed E-state index contributed by atoms with van der Waals surface area (Å²) in [5.74, 6) is 0.411. The van der Waals surface area contributed by atoms with Crippen LogP contribution in [0.5, 0.6) is 0 Å². The molecule has 4 rings (SSSR count). The number of likely N-dealkylation sites (N-methyl/N-ethyl adjacent to an activating group) is 1. The number of carbonyl (C=O) groups is 1. The highest BCUT2D eigenvalue weighted by Crippen LogP contribution is 2.30. The van der Waals surface area contributed by atoms with Gasteiger partial charge in [-0.25, -0.2) is 8.42 Å². The van der Waals surface area contributed by atoms with Crippen LogP contribution >= 0.6 is 0 Å². The summed E-state index contributed by atoms with van der Waals surface area (Å²) in [4.78, 5) is 13.9. The van der Waals surface area contributed by atoms with E-state index in [1.807, 2.05) is 50.3 Å². The molecule has 0 unspecified atom stereocenters. The first-order valence-electron chi connectivity index (χ1n) is 12.7. The first kappa shape index (κ1) is 26.9. The van der Waals surface area contributed by atoms with Crippen LogP contribution in [0.3, 0.4) is 0 Å². The highest BCUT2D eigenvalue weighted by atomic mass is 32.2. The van der Waals surface area contributed by atoms with Gasteiger partial charge in [-0.1, -0.05) is 36.6 Å². The highest BCUT2D eigenvalue weighted by molar-refractivity contribution is 7.92. The van der Waals surface area contributed by atoms with E-state index in [0.29, 0.717) is 30.6 Å². The molecule has 0 radical (unpaired) electrons. The molecule has 1 aliphatic carbocycles. The van der Waals surface area contributed by atoms with Crippen molar-refractivity contribution in [2.75, 3.05) is 31.1 Å². The molecule has 1 saturated carbocycles.